The Hall–Kier alpha value is -4.53. The fourth-order valence-electron chi connectivity index (χ4n) is 3.40. The third-order valence-corrected chi connectivity index (χ3v) is 4.84. The highest BCUT2D eigenvalue weighted by atomic mass is 16.1. The van der Waals surface area contributed by atoms with Gasteiger partial charge in [0.2, 0.25) is 0 Å². The number of carbonyl (C=O) groups excluding carboxylic acids is 1. The van der Waals surface area contributed by atoms with Crippen LogP contribution in [0.2, 0.25) is 0 Å². The molecule has 0 fully saturated rings. The molecule has 0 aliphatic rings. The summed E-state index contributed by atoms with van der Waals surface area (Å²) in [4.78, 5) is 32.1. The number of hydrogen-bond donors (Lipinski definition) is 2. The number of benzene rings is 2. The number of nitrogen functional groups attached to an aromatic ring is 1. The molecule has 5 rings (SSSR count). The summed E-state index contributed by atoms with van der Waals surface area (Å²) in [6.07, 6.45) is 3.91. The van der Waals surface area contributed by atoms with Crippen molar-refractivity contribution in [2.45, 2.75) is 13.3 Å². The third-order valence-electron chi connectivity index (χ3n) is 4.84. The van der Waals surface area contributed by atoms with Crippen LogP contribution in [0.3, 0.4) is 0 Å². The second-order valence-electron chi connectivity index (χ2n) is 6.89. The molecule has 0 aliphatic carbocycles. The molecular formula is C23H21N7O2. The van der Waals surface area contributed by atoms with Gasteiger partial charge in [0.25, 0.3) is 11.5 Å². The molecular weight excluding hydrogens is 406 g/mol. The van der Waals surface area contributed by atoms with Gasteiger partial charge in [-0.15, -0.1) is 5.10 Å². The number of nitrogens with zero attached hydrogens (tertiary/aromatic N) is 5. The van der Waals surface area contributed by atoms with Crippen LogP contribution in [0, 0.1) is 0 Å². The van der Waals surface area contributed by atoms with Gasteiger partial charge < -0.3 is 11.5 Å². The first-order valence-electron chi connectivity index (χ1n) is 9.96. The van der Waals surface area contributed by atoms with E-state index in [4.69, 9.17) is 11.5 Å². The van der Waals surface area contributed by atoms with Gasteiger partial charge >= 0.3 is 0 Å². The van der Waals surface area contributed by atoms with Gasteiger partial charge in [0.15, 0.2) is 11.5 Å². The third kappa shape index (κ3) is 3.79. The van der Waals surface area contributed by atoms with Crippen molar-refractivity contribution in [3.8, 4) is 5.69 Å². The molecule has 2 aromatic carbocycles. The summed E-state index contributed by atoms with van der Waals surface area (Å²) in [7, 11) is 0. The van der Waals surface area contributed by atoms with Crippen LogP contribution in [0.5, 0.6) is 0 Å². The molecule has 0 radical (unpaired) electrons. The SMILES string of the molecule is CCc1nc2ccccc2c(=O)n1-c1ccccc1.NC(=O)c1c(N)nn2cccnc12. The number of aryl methyl sites for hydroxylation is 1. The van der Waals surface area contributed by atoms with Crippen molar-refractivity contribution in [3.63, 3.8) is 0 Å². The number of hydrogen-bond acceptors (Lipinski definition) is 6. The van der Waals surface area contributed by atoms with E-state index in [-0.39, 0.29) is 16.9 Å². The number of rotatable bonds is 3. The van der Waals surface area contributed by atoms with Crippen molar-refractivity contribution in [1.82, 2.24) is 24.1 Å². The van der Waals surface area contributed by atoms with Crippen molar-refractivity contribution in [2.24, 2.45) is 5.73 Å². The first-order valence-corrected chi connectivity index (χ1v) is 9.96. The maximum Gasteiger partial charge on any atom is 0.265 e. The molecule has 160 valence electrons. The van der Waals surface area contributed by atoms with E-state index in [0.717, 1.165) is 23.4 Å². The predicted molar refractivity (Wildman–Crippen MR) is 123 cm³/mol. The van der Waals surface area contributed by atoms with Crippen LogP contribution < -0.4 is 17.0 Å². The lowest BCUT2D eigenvalue weighted by Gasteiger charge is -2.12. The monoisotopic (exact) mass is 427 g/mol. The van der Waals surface area contributed by atoms with Crippen molar-refractivity contribution in [2.75, 3.05) is 5.73 Å². The molecule has 1 amide bonds. The second kappa shape index (κ2) is 8.68. The Morgan fingerprint density at radius 1 is 1.03 bits per heavy atom. The summed E-state index contributed by atoms with van der Waals surface area (Å²) in [5.74, 6) is 0.271. The number of nitrogens with two attached hydrogens (primary N) is 2. The quantitative estimate of drug-likeness (QED) is 0.454. The van der Waals surface area contributed by atoms with Crippen LogP contribution in [-0.4, -0.2) is 30.1 Å². The molecule has 32 heavy (non-hydrogen) atoms. The highest BCUT2D eigenvalue weighted by molar-refractivity contribution is 6.03. The summed E-state index contributed by atoms with van der Waals surface area (Å²) in [5.41, 5.74) is 12.8. The van der Waals surface area contributed by atoms with Crippen LogP contribution in [0.4, 0.5) is 5.82 Å². The highest BCUT2D eigenvalue weighted by Crippen LogP contribution is 2.14. The van der Waals surface area contributed by atoms with Gasteiger partial charge in [-0.05, 0) is 30.3 Å². The molecule has 0 atom stereocenters. The average Bonchev–Trinajstić information content (AvgIpc) is 3.16. The first-order chi connectivity index (χ1) is 15.5. The Balaban J connectivity index is 0.000000165. The molecule has 3 heterocycles. The lowest BCUT2D eigenvalue weighted by molar-refractivity contribution is 0.100. The molecule has 4 N–H and O–H groups in total. The molecule has 0 aliphatic heterocycles. The van der Waals surface area contributed by atoms with E-state index in [0.29, 0.717) is 11.0 Å². The number of aromatic nitrogens is 5. The van der Waals surface area contributed by atoms with Crippen LogP contribution in [0.25, 0.3) is 22.2 Å². The van der Waals surface area contributed by atoms with Gasteiger partial charge in [-0.2, -0.15) is 0 Å². The highest BCUT2D eigenvalue weighted by Gasteiger charge is 2.15. The van der Waals surface area contributed by atoms with Crippen LogP contribution >= 0.6 is 0 Å². The standard InChI is InChI=1S/C16H14N2O.C7H7N5O/c1-2-15-17-14-11-7-6-10-13(14)16(19)18(15)12-8-4-3-5-9-12;8-5-4(6(9)13)7-10-2-1-3-12(7)11-5/h3-11H,2H2,1H3;1-3H,(H2,8,11)(H2,9,13). The Labute approximate surface area is 183 Å². The average molecular weight is 427 g/mol. The number of primary amides is 1. The molecule has 0 saturated carbocycles. The van der Waals surface area contributed by atoms with Gasteiger partial charge in [0, 0.05) is 18.8 Å². The molecule has 0 unspecified atom stereocenters. The van der Waals surface area contributed by atoms with Crippen molar-refractivity contribution in [1.29, 1.82) is 0 Å². The summed E-state index contributed by atoms with van der Waals surface area (Å²) in [6, 6.07) is 18.8. The normalized spacial score (nSPS) is 10.7. The van der Waals surface area contributed by atoms with Crippen molar-refractivity contribution in [3.05, 3.63) is 94.8 Å². The van der Waals surface area contributed by atoms with Crippen LogP contribution in [0.15, 0.2) is 77.9 Å². The summed E-state index contributed by atoms with van der Waals surface area (Å²) >= 11 is 0. The minimum Gasteiger partial charge on any atom is -0.381 e. The molecule has 3 aromatic heterocycles. The minimum atomic E-state index is -0.619. The lowest BCUT2D eigenvalue weighted by atomic mass is 10.2. The van der Waals surface area contributed by atoms with E-state index >= 15 is 0 Å². The zero-order valence-electron chi connectivity index (χ0n) is 17.3. The summed E-state index contributed by atoms with van der Waals surface area (Å²) in [6.45, 7) is 2.01. The van der Waals surface area contributed by atoms with Gasteiger partial charge in [0.1, 0.15) is 11.4 Å². The molecule has 9 heteroatoms. The lowest BCUT2D eigenvalue weighted by Crippen LogP contribution is -2.23. The van der Waals surface area contributed by atoms with Gasteiger partial charge in [-0.25, -0.2) is 14.5 Å². The largest absolute Gasteiger partial charge is 0.381 e. The van der Waals surface area contributed by atoms with E-state index < -0.39 is 5.91 Å². The number of carbonyl (C=O) groups is 1. The first kappa shape index (κ1) is 20.7. The number of para-hydroxylation sites is 2. The Morgan fingerprint density at radius 3 is 2.47 bits per heavy atom. The van der Waals surface area contributed by atoms with Crippen LogP contribution in [-0.2, 0) is 6.42 Å². The fourth-order valence-corrected chi connectivity index (χ4v) is 3.40. The second-order valence-corrected chi connectivity index (χ2v) is 6.89. The Morgan fingerprint density at radius 2 is 1.75 bits per heavy atom. The molecule has 0 bridgehead atoms. The molecule has 5 aromatic rings. The van der Waals surface area contributed by atoms with Gasteiger partial charge in [-0.3, -0.25) is 14.2 Å². The summed E-state index contributed by atoms with van der Waals surface area (Å²) in [5, 5.41) is 4.52. The fraction of sp³-hybridized carbons (Fsp3) is 0.0870. The van der Waals surface area contributed by atoms with E-state index in [1.807, 2.05) is 61.5 Å². The molecule has 9 nitrogen and oxygen atoms in total. The Kier molecular flexibility index (Phi) is 5.63. The smallest absolute Gasteiger partial charge is 0.265 e. The van der Waals surface area contributed by atoms with E-state index in [9.17, 15) is 9.59 Å². The van der Waals surface area contributed by atoms with Crippen LogP contribution in [0.1, 0.15) is 23.1 Å². The van der Waals surface area contributed by atoms with Crippen molar-refractivity contribution >= 4 is 28.3 Å². The maximum absolute atomic E-state index is 12.6. The molecule has 0 saturated heterocycles. The van der Waals surface area contributed by atoms with E-state index in [2.05, 4.69) is 15.1 Å². The topological polar surface area (TPSA) is 134 Å². The van der Waals surface area contributed by atoms with Gasteiger partial charge in [0.05, 0.1) is 16.6 Å². The molecule has 0 spiro atoms. The predicted octanol–water partition coefficient (Wildman–Crippen LogP) is 2.36. The summed E-state index contributed by atoms with van der Waals surface area (Å²) < 4.78 is 3.11. The number of amides is 1. The zero-order valence-corrected chi connectivity index (χ0v) is 17.3. The van der Waals surface area contributed by atoms with E-state index in [1.165, 1.54) is 4.52 Å². The number of anilines is 1. The number of fused-ring (bicyclic) bond motifs is 2. The Bertz CT molecular complexity index is 1470. The zero-order chi connectivity index (χ0) is 22.7. The van der Waals surface area contributed by atoms with E-state index in [1.54, 1.807) is 23.0 Å². The van der Waals surface area contributed by atoms with Crippen molar-refractivity contribution < 1.29 is 4.79 Å². The van der Waals surface area contributed by atoms with Gasteiger partial charge in [-0.1, -0.05) is 37.3 Å². The maximum atomic E-state index is 12.6. The minimum absolute atomic E-state index is 0.00588.